The summed E-state index contributed by atoms with van der Waals surface area (Å²) in [5.74, 6) is 0. The van der Waals surface area contributed by atoms with Crippen molar-refractivity contribution < 1.29 is 8.42 Å². The van der Waals surface area contributed by atoms with Crippen LogP contribution in [0.2, 0.25) is 5.02 Å². The van der Waals surface area contributed by atoms with Gasteiger partial charge in [0.25, 0.3) is 0 Å². The molecule has 1 aromatic rings. The molecule has 0 radical (unpaired) electrons. The lowest BCUT2D eigenvalue weighted by atomic mass is 9.67. The van der Waals surface area contributed by atoms with Gasteiger partial charge in [0, 0.05) is 11.0 Å². The van der Waals surface area contributed by atoms with Crippen LogP contribution in [0.3, 0.4) is 0 Å². The summed E-state index contributed by atoms with van der Waals surface area (Å²) in [5.41, 5.74) is 0.148. The average Bonchev–Trinajstić information content (AvgIpc) is 2.27. The number of rotatable bonds is 5. The van der Waals surface area contributed by atoms with Gasteiger partial charge in [-0.05, 0) is 42.9 Å². The highest BCUT2D eigenvalue weighted by atomic mass is 79.9. The van der Waals surface area contributed by atoms with Gasteiger partial charge in [0.05, 0.1) is 5.02 Å². The SMILES string of the molecule is CCC1(CNS(=O)(=O)c2ccc(Br)cc2Cl)CCC1. The first-order valence-corrected chi connectivity index (χ1v) is 8.99. The monoisotopic (exact) mass is 365 g/mol. The van der Waals surface area contributed by atoms with Gasteiger partial charge in [-0.15, -0.1) is 0 Å². The van der Waals surface area contributed by atoms with Gasteiger partial charge in [-0.2, -0.15) is 0 Å². The van der Waals surface area contributed by atoms with E-state index in [-0.39, 0.29) is 15.3 Å². The summed E-state index contributed by atoms with van der Waals surface area (Å²) < 4.78 is 28.0. The van der Waals surface area contributed by atoms with Crippen LogP contribution >= 0.6 is 27.5 Å². The molecular formula is C13H17BrClNO2S. The molecule has 19 heavy (non-hydrogen) atoms. The minimum atomic E-state index is -3.53. The fraction of sp³-hybridized carbons (Fsp3) is 0.538. The van der Waals surface area contributed by atoms with E-state index in [2.05, 4.69) is 27.6 Å². The summed E-state index contributed by atoms with van der Waals surface area (Å²) in [6, 6.07) is 4.79. The third-order valence-electron chi connectivity index (χ3n) is 3.98. The lowest BCUT2D eigenvalue weighted by molar-refractivity contribution is 0.133. The molecule has 3 nitrogen and oxygen atoms in total. The molecule has 0 spiro atoms. The van der Waals surface area contributed by atoms with Gasteiger partial charge < -0.3 is 0 Å². The third-order valence-corrected chi connectivity index (χ3v) is 6.36. The van der Waals surface area contributed by atoms with Crippen LogP contribution in [-0.2, 0) is 10.0 Å². The average molecular weight is 367 g/mol. The number of nitrogens with one attached hydrogen (secondary N) is 1. The highest BCUT2D eigenvalue weighted by Crippen LogP contribution is 2.43. The second-order valence-electron chi connectivity index (χ2n) is 5.11. The zero-order valence-corrected chi connectivity index (χ0v) is 13.9. The number of halogens is 2. The van der Waals surface area contributed by atoms with Crippen molar-refractivity contribution >= 4 is 37.6 Å². The molecule has 1 aliphatic carbocycles. The van der Waals surface area contributed by atoms with Crippen molar-refractivity contribution in [3.05, 3.63) is 27.7 Å². The zero-order chi connectivity index (χ0) is 14.1. The molecule has 0 atom stereocenters. The van der Waals surface area contributed by atoms with Crippen molar-refractivity contribution in [1.29, 1.82) is 0 Å². The van der Waals surface area contributed by atoms with Crippen LogP contribution in [0, 0.1) is 5.41 Å². The second kappa shape index (κ2) is 5.72. The Hall–Kier alpha value is -0.100. The van der Waals surface area contributed by atoms with Gasteiger partial charge in [0.2, 0.25) is 10.0 Å². The maximum Gasteiger partial charge on any atom is 0.242 e. The lowest BCUT2D eigenvalue weighted by Gasteiger charge is -2.41. The van der Waals surface area contributed by atoms with E-state index in [1.54, 1.807) is 12.1 Å². The molecule has 1 N–H and O–H groups in total. The van der Waals surface area contributed by atoms with Crippen LogP contribution in [0.5, 0.6) is 0 Å². The van der Waals surface area contributed by atoms with E-state index >= 15 is 0 Å². The van der Waals surface area contributed by atoms with Crippen molar-refractivity contribution in [2.45, 2.75) is 37.5 Å². The first-order chi connectivity index (χ1) is 8.88. The Morgan fingerprint density at radius 1 is 1.42 bits per heavy atom. The van der Waals surface area contributed by atoms with Gasteiger partial charge in [-0.1, -0.05) is 40.9 Å². The smallest absolute Gasteiger partial charge is 0.211 e. The highest BCUT2D eigenvalue weighted by molar-refractivity contribution is 9.10. The molecule has 0 aromatic heterocycles. The number of sulfonamides is 1. The lowest BCUT2D eigenvalue weighted by Crippen LogP contribution is -2.41. The molecule has 0 unspecified atom stereocenters. The molecule has 1 saturated carbocycles. The van der Waals surface area contributed by atoms with E-state index in [1.807, 2.05) is 0 Å². The zero-order valence-electron chi connectivity index (χ0n) is 10.7. The fourth-order valence-electron chi connectivity index (χ4n) is 2.35. The van der Waals surface area contributed by atoms with Crippen LogP contribution in [0.4, 0.5) is 0 Å². The molecule has 1 aromatic carbocycles. The van der Waals surface area contributed by atoms with Crippen LogP contribution in [-0.4, -0.2) is 15.0 Å². The van der Waals surface area contributed by atoms with E-state index in [4.69, 9.17) is 11.6 Å². The fourth-order valence-corrected chi connectivity index (χ4v) is 4.54. The van der Waals surface area contributed by atoms with Gasteiger partial charge in [-0.3, -0.25) is 0 Å². The van der Waals surface area contributed by atoms with Crippen LogP contribution in [0.25, 0.3) is 0 Å². The minimum absolute atomic E-state index is 0.142. The third kappa shape index (κ3) is 3.32. The van der Waals surface area contributed by atoms with Crippen LogP contribution < -0.4 is 4.72 Å². The van der Waals surface area contributed by atoms with Gasteiger partial charge >= 0.3 is 0 Å². The standard InChI is InChI=1S/C13H17BrClNO2S/c1-2-13(6-3-7-13)9-16-19(17,18)12-5-4-10(14)8-11(12)15/h4-5,8,16H,2-3,6-7,9H2,1H3. The first-order valence-electron chi connectivity index (χ1n) is 6.33. The Kier molecular flexibility index (Phi) is 4.60. The topological polar surface area (TPSA) is 46.2 Å². The van der Waals surface area contributed by atoms with Crippen LogP contribution in [0.15, 0.2) is 27.6 Å². The van der Waals surface area contributed by atoms with Gasteiger partial charge in [0.1, 0.15) is 4.90 Å². The normalized spacial score (nSPS) is 18.1. The molecule has 0 saturated heterocycles. The Bertz CT molecular complexity index is 564. The van der Waals surface area contributed by atoms with E-state index < -0.39 is 10.0 Å². The largest absolute Gasteiger partial charge is 0.242 e. The molecule has 6 heteroatoms. The Morgan fingerprint density at radius 3 is 2.58 bits per heavy atom. The first kappa shape index (κ1) is 15.3. The number of hydrogen-bond acceptors (Lipinski definition) is 2. The van der Waals surface area contributed by atoms with Crippen molar-refractivity contribution in [2.75, 3.05) is 6.54 Å². The maximum absolute atomic E-state index is 12.3. The Morgan fingerprint density at radius 2 is 2.11 bits per heavy atom. The predicted molar refractivity (Wildman–Crippen MR) is 80.9 cm³/mol. The molecule has 0 aliphatic heterocycles. The molecule has 0 amide bonds. The van der Waals surface area contributed by atoms with Crippen molar-refractivity contribution in [1.82, 2.24) is 4.72 Å². The molecule has 1 fully saturated rings. The summed E-state index contributed by atoms with van der Waals surface area (Å²) in [6.07, 6.45) is 4.39. The second-order valence-corrected chi connectivity index (χ2v) is 8.16. The van der Waals surface area contributed by atoms with Crippen molar-refractivity contribution in [3.63, 3.8) is 0 Å². The van der Waals surface area contributed by atoms with Crippen LogP contribution in [0.1, 0.15) is 32.6 Å². The summed E-state index contributed by atoms with van der Waals surface area (Å²) in [6.45, 7) is 2.61. The summed E-state index contributed by atoms with van der Waals surface area (Å²) >= 11 is 9.26. The molecule has 1 aliphatic rings. The molecule has 106 valence electrons. The quantitative estimate of drug-likeness (QED) is 0.857. The van der Waals surface area contributed by atoms with E-state index in [0.717, 1.165) is 23.7 Å². The molecule has 2 rings (SSSR count). The predicted octanol–water partition coefficient (Wildman–Crippen LogP) is 3.96. The highest BCUT2D eigenvalue weighted by Gasteiger charge is 2.36. The minimum Gasteiger partial charge on any atom is -0.211 e. The summed E-state index contributed by atoms with van der Waals surface area (Å²) in [7, 11) is -3.53. The van der Waals surface area contributed by atoms with Crippen molar-refractivity contribution in [2.24, 2.45) is 5.41 Å². The number of benzene rings is 1. The molecule has 0 bridgehead atoms. The Labute approximate surface area is 127 Å². The molecule has 0 heterocycles. The Balaban J connectivity index is 2.14. The number of hydrogen-bond donors (Lipinski definition) is 1. The van der Waals surface area contributed by atoms with E-state index in [1.165, 1.54) is 12.5 Å². The summed E-state index contributed by atoms with van der Waals surface area (Å²) in [4.78, 5) is 0.142. The summed E-state index contributed by atoms with van der Waals surface area (Å²) in [5, 5.41) is 0.237. The maximum atomic E-state index is 12.3. The van der Waals surface area contributed by atoms with E-state index in [9.17, 15) is 8.42 Å². The van der Waals surface area contributed by atoms with Crippen molar-refractivity contribution in [3.8, 4) is 0 Å². The molecular weight excluding hydrogens is 350 g/mol. The van der Waals surface area contributed by atoms with E-state index in [0.29, 0.717) is 6.54 Å². The van der Waals surface area contributed by atoms with Gasteiger partial charge in [0.15, 0.2) is 0 Å². The van der Waals surface area contributed by atoms with Gasteiger partial charge in [-0.25, -0.2) is 13.1 Å².